The van der Waals surface area contributed by atoms with Gasteiger partial charge in [0.1, 0.15) is 0 Å². The summed E-state index contributed by atoms with van der Waals surface area (Å²) in [6, 6.07) is 6.95. The molecule has 0 spiro atoms. The number of nitrogens with one attached hydrogen (secondary N) is 1. The number of halogens is 1. The molecule has 0 aromatic heterocycles. The number of sulfonamides is 1. The number of carboxylic acids is 1. The van der Waals surface area contributed by atoms with Crippen molar-refractivity contribution in [1.82, 2.24) is 4.72 Å². The molecule has 1 aromatic rings. The third-order valence-electron chi connectivity index (χ3n) is 7.08. The Balaban J connectivity index is 1.64. The number of benzene rings is 1. The zero-order valence-corrected chi connectivity index (χ0v) is 19.7. The Morgan fingerprint density at radius 3 is 2.58 bits per heavy atom. The van der Waals surface area contributed by atoms with Gasteiger partial charge in [0.2, 0.25) is 10.0 Å². The maximum absolute atomic E-state index is 12.7. The first kappa shape index (κ1) is 24.0. The fraction of sp³-hybridized carbons (Fsp3) is 0.542. The molecule has 0 radical (unpaired) electrons. The summed E-state index contributed by atoms with van der Waals surface area (Å²) >= 11 is 5.88. The molecular weight excluding hydrogens is 434 g/mol. The highest BCUT2D eigenvalue weighted by atomic mass is 35.5. The van der Waals surface area contributed by atoms with E-state index in [1.165, 1.54) is 5.41 Å². The van der Waals surface area contributed by atoms with Crippen LogP contribution in [0.4, 0.5) is 0 Å². The summed E-state index contributed by atoms with van der Waals surface area (Å²) in [7, 11) is -3.56. The summed E-state index contributed by atoms with van der Waals surface area (Å²) in [5.74, 6) is 0.502. The molecule has 4 atom stereocenters. The smallest absolute Gasteiger partial charge is 0.303 e. The van der Waals surface area contributed by atoms with Gasteiger partial charge < -0.3 is 5.11 Å². The highest BCUT2D eigenvalue weighted by molar-refractivity contribution is 7.92. The molecule has 0 aliphatic heterocycles. The second-order valence-corrected chi connectivity index (χ2v) is 11.4. The first-order chi connectivity index (χ1) is 14.6. The number of aliphatic carboxylic acids is 1. The zero-order valence-electron chi connectivity index (χ0n) is 18.1. The first-order valence-electron chi connectivity index (χ1n) is 10.9. The Bertz CT molecular complexity index is 937. The van der Waals surface area contributed by atoms with Gasteiger partial charge >= 0.3 is 5.97 Å². The maximum Gasteiger partial charge on any atom is 0.303 e. The number of hydrogen-bond acceptors (Lipinski definition) is 3. The summed E-state index contributed by atoms with van der Waals surface area (Å²) in [6.45, 7) is 4.58. The van der Waals surface area contributed by atoms with Crippen LogP contribution >= 0.6 is 11.6 Å². The van der Waals surface area contributed by atoms with Crippen molar-refractivity contribution < 1.29 is 18.3 Å². The fourth-order valence-electron chi connectivity index (χ4n) is 5.14. The molecule has 3 fully saturated rings. The Hall–Kier alpha value is -1.63. The maximum atomic E-state index is 12.7. The van der Waals surface area contributed by atoms with E-state index in [0.29, 0.717) is 23.3 Å². The van der Waals surface area contributed by atoms with Gasteiger partial charge in [0, 0.05) is 22.9 Å². The Morgan fingerprint density at radius 1 is 1.23 bits per heavy atom. The van der Waals surface area contributed by atoms with Crippen LogP contribution in [-0.4, -0.2) is 25.5 Å². The van der Waals surface area contributed by atoms with Gasteiger partial charge in [0.05, 0.1) is 0 Å². The lowest BCUT2D eigenvalue weighted by molar-refractivity contribution is -0.137. The highest BCUT2D eigenvalue weighted by Gasteiger charge is 2.57. The molecule has 0 amide bonds. The number of fused-ring (bicyclic) bond motifs is 2. The van der Waals surface area contributed by atoms with E-state index >= 15 is 0 Å². The molecule has 5 nitrogen and oxygen atoms in total. The number of hydrogen-bond donors (Lipinski definition) is 2. The molecule has 7 heteroatoms. The summed E-state index contributed by atoms with van der Waals surface area (Å²) < 4.78 is 28.4. The third-order valence-corrected chi connectivity index (χ3v) is 8.46. The third kappa shape index (κ3) is 6.21. The molecule has 3 aliphatic carbocycles. The molecule has 3 saturated carbocycles. The molecule has 3 aliphatic rings. The van der Waals surface area contributed by atoms with Crippen LogP contribution in [0.25, 0.3) is 6.08 Å². The van der Waals surface area contributed by atoms with Gasteiger partial charge in [-0.25, -0.2) is 13.1 Å². The van der Waals surface area contributed by atoms with E-state index in [9.17, 15) is 13.2 Å². The molecule has 2 bridgehead atoms. The average molecular weight is 466 g/mol. The monoisotopic (exact) mass is 465 g/mol. The molecule has 0 saturated heterocycles. The van der Waals surface area contributed by atoms with E-state index in [-0.39, 0.29) is 23.8 Å². The van der Waals surface area contributed by atoms with E-state index in [1.54, 1.807) is 30.3 Å². The van der Waals surface area contributed by atoms with Gasteiger partial charge in [-0.2, -0.15) is 0 Å². The van der Waals surface area contributed by atoms with Crippen molar-refractivity contribution in [3.05, 3.63) is 52.4 Å². The highest BCUT2D eigenvalue weighted by Crippen LogP contribution is 2.62. The second kappa shape index (κ2) is 9.88. The molecular formula is C24H32ClNO4S. The van der Waals surface area contributed by atoms with Gasteiger partial charge in [0.25, 0.3) is 0 Å². The molecule has 1 aromatic carbocycles. The van der Waals surface area contributed by atoms with E-state index in [0.717, 1.165) is 31.2 Å². The van der Waals surface area contributed by atoms with Crippen LogP contribution in [0.15, 0.2) is 41.8 Å². The van der Waals surface area contributed by atoms with Crippen molar-refractivity contribution in [2.24, 2.45) is 23.2 Å². The van der Waals surface area contributed by atoms with Crippen molar-refractivity contribution in [3.63, 3.8) is 0 Å². The van der Waals surface area contributed by atoms with Gasteiger partial charge in [-0.05, 0) is 79.0 Å². The lowest BCUT2D eigenvalue weighted by Crippen LogP contribution is -2.61. The molecule has 2 N–H and O–H groups in total. The molecule has 4 unspecified atom stereocenters. The minimum absolute atomic E-state index is 0.0830. The Morgan fingerprint density at radius 2 is 1.94 bits per heavy atom. The molecule has 31 heavy (non-hydrogen) atoms. The normalized spacial score (nSPS) is 27.5. The number of allylic oxidation sites excluding steroid dienone is 2. The van der Waals surface area contributed by atoms with Crippen LogP contribution in [0.5, 0.6) is 0 Å². The van der Waals surface area contributed by atoms with E-state index in [1.807, 2.05) is 6.08 Å². The lowest BCUT2D eigenvalue weighted by atomic mass is 9.44. The van der Waals surface area contributed by atoms with Gasteiger partial charge in [-0.15, -0.1) is 0 Å². The Kier molecular flexibility index (Phi) is 7.66. The number of rotatable bonds is 10. The van der Waals surface area contributed by atoms with Crippen molar-refractivity contribution in [2.75, 3.05) is 0 Å². The van der Waals surface area contributed by atoms with E-state index < -0.39 is 16.0 Å². The van der Waals surface area contributed by atoms with Crippen molar-refractivity contribution in [1.29, 1.82) is 0 Å². The fourth-order valence-corrected chi connectivity index (χ4v) is 6.38. The SMILES string of the molecule is CC1(C)C2CC(NS(=O)(=O)/C=C/c3ccc(Cl)cc3)C(C/C=C\CCCC(=O)O)C1C2. The summed E-state index contributed by atoms with van der Waals surface area (Å²) in [5.41, 5.74) is 1.02. The van der Waals surface area contributed by atoms with Gasteiger partial charge in [-0.1, -0.05) is 49.7 Å². The van der Waals surface area contributed by atoms with Crippen molar-refractivity contribution in [2.45, 2.75) is 58.4 Å². The summed E-state index contributed by atoms with van der Waals surface area (Å²) in [4.78, 5) is 10.6. The van der Waals surface area contributed by atoms with Crippen LogP contribution < -0.4 is 4.72 Å². The predicted molar refractivity (Wildman–Crippen MR) is 125 cm³/mol. The van der Waals surface area contributed by atoms with Crippen molar-refractivity contribution >= 4 is 33.7 Å². The minimum Gasteiger partial charge on any atom is -0.481 e. The molecule has 170 valence electrons. The van der Waals surface area contributed by atoms with Crippen LogP contribution in [0.1, 0.15) is 57.9 Å². The quantitative estimate of drug-likeness (QED) is 0.354. The molecule has 0 heterocycles. The first-order valence-corrected chi connectivity index (χ1v) is 12.8. The summed E-state index contributed by atoms with van der Waals surface area (Å²) in [6.07, 6.45) is 10.1. The van der Waals surface area contributed by atoms with Crippen LogP contribution in [0, 0.1) is 23.2 Å². The predicted octanol–water partition coefficient (Wildman–Crippen LogP) is 5.48. The average Bonchev–Trinajstić information content (AvgIpc) is 2.70. The van der Waals surface area contributed by atoms with Crippen molar-refractivity contribution in [3.8, 4) is 0 Å². The van der Waals surface area contributed by atoms with Crippen LogP contribution in [-0.2, 0) is 14.8 Å². The van der Waals surface area contributed by atoms with E-state index in [2.05, 4.69) is 24.6 Å². The van der Waals surface area contributed by atoms with E-state index in [4.69, 9.17) is 16.7 Å². The minimum atomic E-state index is -3.56. The number of unbranched alkanes of at least 4 members (excludes halogenated alkanes) is 1. The Labute approximate surface area is 190 Å². The van der Waals surface area contributed by atoms with Crippen LogP contribution in [0.2, 0.25) is 5.02 Å². The second-order valence-electron chi connectivity index (χ2n) is 9.38. The lowest BCUT2D eigenvalue weighted by Gasteiger charge is -2.62. The molecule has 4 rings (SSSR count). The number of carboxylic acid groups (broad SMARTS) is 1. The zero-order chi connectivity index (χ0) is 22.6. The summed E-state index contributed by atoms with van der Waals surface area (Å²) in [5, 5.41) is 10.6. The van der Waals surface area contributed by atoms with Gasteiger partial charge in [0.15, 0.2) is 0 Å². The van der Waals surface area contributed by atoms with Gasteiger partial charge in [-0.3, -0.25) is 4.79 Å². The topological polar surface area (TPSA) is 83.5 Å². The number of carbonyl (C=O) groups is 1. The van der Waals surface area contributed by atoms with Crippen LogP contribution in [0.3, 0.4) is 0 Å². The largest absolute Gasteiger partial charge is 0.481 e. The standard InChI is InChI=1S/C24H32ClNO4S/c1-24(2)18-15-21(24)20(7-5-3-4-6-8-23(27)28)22(16-18)26-31(29,30)14-13-17-9-11-19(25)12-10-17/h3,5,9-14,18,20-22,26H,4,6-8,15-16H2,1-2H3,(H,27,28)/b5-3-,14-13+.